The van der Waals surface area contributed by atoms with E-state index in [-0.39, 0.29) is 0 Å². The second kappa shape index (κ2) is 3.38. The molecule has 0 aromatic heterocycles. The van der Waals surface area contributed by atoms with Gasteiger partial charge in [0, 0.05) is 5.92 Å². The van der Waals surface area contributed by atoms with Crippen LogP contribution < -0.4 is 0 Å². The molecule has 3 N–H and O–H groups in total. The molecule has 0 unspecified atom stereocenters. The Morgan fingerprint density at radius 2 is 2.08 bits per heavy atom. The maximum absolute atomic E-state index is 10.8. The quantitative estimate of drug-likeness (QED) is 0.413. The minimum atomic E-state index is -1.29. The topological polar surface area (TPSA) is 87.0 Å². The second-order valence-electron chi connectivity index (χ2n) is 2.95. The van der Waals surface area contributed by atoms with Gasteiger partial charge in [-0.2, -0.15) is 0 Å². The van der Waals surface area contributed by atoms with Gasteiger partial charge < -0.3 is 20.1 Å². The van der Waals surface area contributed by atoms with Gasteiger partial charge in [0.15, 0.2) is 12.2 Å². The number of ether oxygens (including phenoxy) is 1. The van der Waals surface area contributed by atoms with Crippen molar-refractivity contribution in [3.63, 3.8) is 0 Å². The Hall–Kier alpha value is -0.650. The van der Waals surface area contributed by atoms with Crippen LogP contribution in [0.5, 0.6) is 0 Å². The van der Waals surface area contributed by atoms with E-state index in [1.54, 1.807) is 0 Å². The van der Waals surface area contributed by atoms with E-state index in [1.807, 2.05) is 0 Å². The summed E-state index contributed by atoms with van der Waals surface area (Å²) < 4.78 is 4.54. The van der Waals surface area contributed by atoms with Crippen molar-refractivity contribution < 1.29 is 24.9 Å². The average molecular weight is 176 g/mol. The zero-order valence-electron chi connectivity index (χ0n) is 6.67. The predicted molar refractivity (Wildman–Crippen MR) is 38.1 cm³/mol. The number of carbonyl (C=O) groups excluding carboxylic acids is 1. The summed E-state index contributed by atoms with van der Waals surface area (Å²) in [6, 6.07) is 0. The van der Waals surface area contributed by atoms with Gasteiger partial charge in [-0.25, -0.2) is 4.79 Å². The summed E-state index contributed by atoms with van der Waals surface area (Å²) in [4.78, 5) is 10.8. The molecule has 0 aromatic carbocycles. The van der Waals surface area contributed by atoms with Gasteiger partial charge in [-0.1, -0.05) is 6.92 Å². The second-order valence-corrected chi connectivity index (χ2v) is 2.95. The Bertz CT molecular complexity index is 179. The number of hydrogen-bond donors (Lipinski definition) is 3. The van der Waals surface area contributed by atoms with Crippen LogP contribution in [0.1, 0.15) is 6.92 Å². The standard InChI is InChI=1S/C7H12O5/c1-3-5(9)4(2-8)12-7(11)6(3)10/h3-6,8-10H,2H2,1H3/t3-,4+,5-,6+/m0/s1. The van der Waals surface area contributed by atoms with Crippen molar-refractivity contribution in [3.8, 4) is 0 Å². The number of cyclic esters (lactones) is 1. The molecule has 1 saturated heterocycles. The third-order valence-electron chi connectivity index (χ3n) is 2.11. The third-order valence-corrected chi connectivity index (χ3v) is 2.11. The summed E-state index contributed by atoms with van der Waals surface area (Å²) >= 11 is 0. The van der Waals surface area contributed by atoms with Gasteiger partial charge in [-0.05, 0) is 0 Å². The predicted octanol–water partition coefficient (Wildman–Crippen LogP) is -1.74. The van der Waals surface area contributed by atoms with Crippen LogP contribution in [-0.4, -0.2) is 46.2 Å². The smallest absolute Gasteiger partial charge is 0.335 e. The van der Waals surface area contributed by atoms with E-state index in [9.17, 15) is 9.90 Å². The molecular weight excluding hydrogens is 164 g/mol. The van der Waals surface area contributed by atoms with E-state index in [4.69, 9.17) is 10.2 Å². The van der Waals surface area contributed by atoms with Crippen molar-refractivity contribution in [2.45, 2.75) is 25.2 Å². The van der Waals surface area contributed by atoms with Crippen LogP contribution >= 0.6 is 0 Å². The zero-order chi connectivity index (χ0) is 9.30. The number of aliphatic hydroxyl groups is 3. The van der Waals surface area contributed by atoms with Crippen LogP contribution in [0.2, 0.25) is 0 Å². The highest BCUT2D eigenvalue weighted by Gasteiger charge is 2.41. The lowest BCUT2D eigenvalue weighted by Gasteiger charge is -2.34. The average Bonchev–Trinajstić information content (AvgIpc) is 2.08. The van der Waals surface area contributed by atoms with Crippen LogP contribution in [0.4, 0.5) is 0 Å². The van der Waals surface area contributed by atoms with Crippen LogP contribution in [0.3, 0.4) is 0 Å². The van der Waals surface area contributed by atoms with Gasteiger partial charge in [-0.15, -0.1) is 0 Å². The van der Waals surface area contributed by atoms with Crippen molar-refractivity contribution in [1.29, 1.82) is 0 Å². The first-order chi connectivity index (χ1) is 5.57. The summed E-state index contributed by atoms with van der Waals surface area (Å²) in [7, 11) is 0. The molecule has 0 saturated carbocycles. The molecule has 4 atom stereocenters. The summed E-state index contributed by atoms with van der Waals surface area (Å²) in [6.45, 7) is 1.10. The number of rotatable bonds is 1. The highest BCUT2D eigenvalue weighted by molar-refractivity contribution is 5.75. The monoisotopic (exact) mass is 176 g/mol. The van der Waals surface area contributed by atoms with Crippen molar-refractivity contribution in [2.75, 3.05) is 6.61 Å². The van der Waals surface area contributed by atoms with Gasteiger partial charge in [0.1, 0.15) is 0 Å². The van der Waals surface area contributed by atoms with Gasteiger partial charge in [0.2, 0.25) is 0 Å². The zero-order valence-corrected chi connectivity index (χ0v) is 6.67. The molecule has 0 spiro atoms. The van der Waals surface area contributed by atoms with Crippen molar-refractivity contribution >= 4 is 5.97 Å². The van der Waals surface area contributed by atoms with Crippen molar-refractivity contribution in [1.82, 2.24) is 0 Å². The molecule has 1 aliphatic rings. The Kier molecular flexibility index (Phi) is 2.66. The summed E-state index contributed by atoms with van der Waals surface area (Å²) in [5.41, 5.74) is 0. The first-order valence-corrected chi connectivity index (χ1v) is 3.75. The molecule has 0 bridgehead atoms. The fourth-order valence-corrected chi connectivity index (χ4v) is 1.17. The van der Waals surface area contributed by atoms with Crippen LogP contribution in [-0.2, 0) is 9.53 Å². The molecule has 70 valence electrons. The van der Waals surface area contributed by atoms with E-state index in [0.717, 1.165) is 0 Å². The number of esters is 1. The molecule has 0 aromatic rings. The fraction of sp³-hybridized carbons (Fsp3) is 0.857. The SMILES string of the molecule is C[C@H]1[C@H](O)[C@@H](CO)OC(=O)[C@@H]1O. The molecule has 12 heavy (non-hydrogen) atoms. The molecular formula is C7H12O5. The first-order valence-electron chi connectivity index (χ1n) is 3.75. The maximum Gasteiger partial charge on any atom is 0.335 e. The minimum absolute atomic E-state index is 0.427. The van der Waals surface area contributed by atoms with Gasteiger partial charge in [-0.3, -0.25) is 0 Å². The maximum atomic E-state index is 10.8. The lowest BCUT2D eigenvalue weighted by molar-refractivity contribution is -0.193. The third kappa shape index (κ3) is 1.43. The molecule has 0 aliphatic carbocycles. The van der Waals surface area contributed by atoms with Crippen molar-refractivity contribution in [3.05, 3.63) is 0 Å². The van der Waals surface area contributed by atoms with E-state index >= 15 is 0 Å². The largest absolute Gasteiger partial charge is 0.455 e. The Morgan fingerprint density at radius 3 is 2.58 bits per heavy atom. The van der Waals surface area contributed by atoms with Gasteiger partial charge in [0.05, 0.1) is 12.7 Å². The first kappa shape index (κ1) is 9.44. The molecule has 1 heterocycles. The molecule has 1 rings (SSSR count). The van der Waals surface area contributed by atoms with Crippen LogP contribution in [0.15, 0.2) is 0 Å². The minimum Gasteiger partial charge on any atom is -0.455 e. The molecule has 0 radical (unpaired) electrons. The molecule has 5 nitrogen and oxygen atoms in total. The van der Waals surface area contributed by atoms with E-state index in [1.165, 1.54) is 6.92 Å². The van der Waals surface area contributed by atoms with Crippen molar-refractivity contribution in [2.24, 2.45) is 5.92 Å². The Morgan fingerprint density at radius 1 is 1.50 bits per heavy atom. The molecule has 1 fully saturated rings. The number of carbonyl (C=O) groups is 1. The molecule has 5 heteroatoms. The number of hydrogen-bond acceptors (Lipinski definition) is 5. The fourth-order valence-electron chi connectivity index (χ4n) is 1.17. The van der Waals surface area contributed by atoms with Crippen LogP contribution in [0.25, 0.3) is 0 Å². The summed E-state index contributed by atoms with van der Waals surface area (Å²) in [5.74, 6) is -1.38. The molecule has 0 amide bonds. The summed E-state index contributed by atoms with van der Waals surface area (Å²) in [5, 5.41) is 27.1. The lowest BCUT2D eigenvalue weighted by atomic mass is 9.92. The van der Waals surface area contributed by atoms with E-state index in [0.29, 0.717) is 0 Å². The van der Waals surface area contributed by atoms with Crippen LogP contribution in [0, 0.1) is 5.92 Å². The Labute approximate surface area is 69.6 Å². The highest BCUT2D eigenvalue weighted by atomic mass is 16.6. The lowest BCUT2D eigenvalue weighted by Crippen LogP contribution is -2.52. The molecule has 1 aliphatic heterocycles. The highest BCUT2D eigenvalue weighted by Crippen LogP contribution is 2.21. The van der Waals surface area contributed by atoms with Gasteiger partial charge >= 0.3 is 5.97 Å². The normalized spacial score (nSPS) is 42.5. The van der Waals surface area contributed by atoms with E-state index < -0.39 is 36.8 Å². The Balaban J connectivity index is 2.70. The van der Waals surface area contributed by atoms with Gasteiger partial charge in [0.25, 0.3) is 0 Å². The number of aliphatic hydroxyl groups excluding tert-OH is 3. The van der Waals surface area contributed by atoms with E-state index in [2.05, 4.69) is 4.74 Å². The summed E-state index contributed by atoms with van der Waals surface area (Å²) in [6.07, 6.45) is -3.19.